The summed E-state index contributed by atoms with van der Waals surface area (Å²) in [5.74, 6) is -0.404. The minimum atomic E-state index is -0.404. The molecule has 0 aromatic heterocycles. The molecular weight excluding hydrogens is 190 g/mol. The molecule has 1 rings (SSSR count). The summed E-state index contributed by atoms with van der Waals surface area (Å²) in [5.41, 5.74) is 0.354. The third-order valence-electron chi connectivity index (χ3n) is 3.09. The van der Waals surface area contributed by atoms with Crippen LogP contribution in [-0.2, 0) is 9.47 Å². The van der Waals surface area contributed by atoms with E-state index in [9.17, 15) is 0 Å². The Kier molecular flexibility index (Phi) is 4.15. The van der Waals surface area contributed by atoms with Gasteiger partial charge in [0.15, 0.2) is 5.79 Å². The standard InChI is InChI=1S/C12H25NO2/c1-6-11(2,3)9-13-10-7-14-12(4,5)15-8-10/h10,13H,6-9H2,1-5H3. The fourth-order valence-corrected chi connectivity index (χ4v) is 1.36. The van der Waals surface area contributed by atoms with Gasteiger partial charge in [-0.15, -0.1) is 0 Å². The van der Waals surface area contributed by atoms with Crippen LogP contribution in [0.1, 0.15) is 41.0 Å². The summed E-state index contributed by atoms with van der Waals surface area (Å²) >= 11 is 0. The van der Waals surface area contributed by atoms with Crippen LogP contribution in [0.15, 0.2) is 0 Å². The van der Waals surface area contributed by atoms with Crippen molar-refractivity contribution in [3.05, 3.63) is 0 Å². The average Bonchev–Trinajstić information content (AvgIpc) is 2.16. The summed E-state index contributed by atoms with van der Waals surface area (Å²) in [5, 5.41) is 3.50. The molecule has 3 nitrogen and oxygen atoms in total. The van der Waals surface area contributed by atoms with Crippen molar-refractivity contribution in [3.8, 4) is 0 Å². The maximum atomic E-state index is 5.59. The van der Waals surface area contributed by atoms with Crippen molar-refractivity contribution in [2.75, 3.05) is 19.8 Å². The maximum Gasteiger partial charge on any atom is 0.162 e. The summed E-state index contributed by atoms with van der Waals surface area (Å²) in [6, 6.07) is 0.337. The summed E-state index contributed by atoms with van der Waals surface area (Å²) in [4.78, 5) is 0. The van der Waals surface area contributed by atoms with Gasteiger partial charge in [0.1, 0.15) is 0 Å². The van der Waals surface area contributed by atoms with Gasteiger partial charge in [0, 0.05) is 6.54 Å². The van der Waals surface area contributed by atoms with E-state index in [0.717, 1.165) is 19.8 Å². The van der Waals surface area contributed by atoms with Crippen LogP contribution < -0.4 is 5.32 Å². The van der Waals surface area contributed by atoms with Gasteiger partial charge in [0.05, 0.1) is 19.3 Å². The van der Waals surface area contributed by atoms with Gasteiger partial charge in [0.2, 0.25) is 0 Å². The quantitative estimate of drug-likeness (QED) is 0.779. The molecule has 0 bridgehead atoms. The molecule has 0 aliphatic carbocycles. The highest BCUT2D eigenvalue weighted by Gasteiger charge is 2.28. The van der Waals surface area contributed by atoms with Crippen LogP contribution in [0.4, 0.5) is 0 Å². The van der Waals surface area contributed by atoms with Crippen LogP contribution in [0.3, 0.4) is 0 Å². The molecule has 1 fully saturated rings. The molecule has 0 amide bonds. The van der Waals surface area contributed by atoms with E-state index in [2.05, 4.69) is 26.1 Å². The molecule has 1 aliphatic rings. The first-order chi connectivity index (χ1) is 6.85. The van der Waals surface area contributed by atoms with Crippen molar-refractivity contribution < 1.29 is 9.47 Å². The van der Waals surface area contributed by atoms with Crippen LogP contribution in [0.2, 0.25) is 0 Å². The second-order valence-electron chi connectivity index (χ2n) is 5.62. The van der Waals surface area contributed by atoms with Crippen LogP contribution in [-0.4, -0.2) is 31.6 Å². The van der Waals surface area contributed by atoms with Gasteiger partial charge in [-0.2, -0.15) is 0 Å². The van der Waals surface area contributed by atoms with Crippen molar-refractivity contribution in [2.24, 2.45) is 5.41 Å². The van der Waals surface area contributed by atoms with E-state index in [0.29, 0.717) is 11.5 Å². The highest BCUT2D eigenvalue weighted by molar-refractivity contribution is 4.77. The van der Waals surface area contributed by atoms with Crippen LogP contribution in [0, 0.1) is 5.41 Å². The lowest BCUT2D eigenvalue weighted by atomic mass is 9.90. The zero-order valence-corrected chi connectivity index (χ0v) is 10.7. The molecule has 1 aliphatic heterocycles. The van der Waals surface area contributed by atoms with Crippen LogP contribution in [0.5, 0.6) is 0 Å². The predicted molar refractivity (Wildman–Crippen MR) is 61.8 cm³/mol. The molecule has 0 aromatic rings. The topological polar surface area (TPSA) is 30.5 Å². The summed E-state index contributed by atoms with van der Waals surface area (Å²) in [7, 11) is 0. The Labute approximate surface area is 93.5 Å². The van der Waals surface area contributed by atoms with Crippen LogP contribution in [0.25, 0.3) is 0 Å². The van der Waals surface area contributed by atoms with Gasteiger partial charge < -0.3 is 14.8 Å². The van der Waals surface area contributed by atoms with Crippen molar-refractivity contribution in [1.82, 2.24) is 5.32 Å². The Hall–Kier alpha value is -0.120. The second-order valence-corrected chi connectivity index (χ2v) is 5.62. The monoisotopic (exact) mass is 215 g/mol. The molecule has 0 saturated carbocycles. The van der Waals surface area contributed by atoms with E-state index in [1.807, 2.05) is 13.8 Å². The first kappa shape index (κ1) is 12.9. The zero-order chi connectivity index (χ0) is 11.5. The maximum absolute atomic E-state index is 5.59. The van der Waals surface area contributed by atoms with E-state index in [1.165, 1.54) is 6.42 Å². The molecule has 0 spiro atoms. The molecular formula is C12H25NO2. The Morgan fingerprint density at radius 1 is 1.27 bits per heavy atom. The molecule has 0 radical (unpaired) electrons. The normalized spacial score (nSPS) is 23.0. The first-order valence-electron chi connectivity index (χ1n) is 5.86. The van der Waals surface area contributed by atoms with E-state index >= 15 is 0 Å². The third-order valence-corrected chi connectivity index (χ3v) is 3.09. The smallest absolute Gasteiger partial charge is 0.162 e. The van der Waals surface area contributed by atoms with Crippen LogP contribution >= 0.6 is 0 Å². The average molecular weight is 215 g/mol. The minimum Gasteiger partial charge on any atom is -0.349 e. The summed E-state index contributed by atoms with van der Waals surface area (Å²) in [6.07, 6.45) is 1.18. The lowest BCUT2D eigenvalue weighted by Crippen LogP contribution is -2.50. The van der Waals surface area contributed by atoms with Gasteiger partial charge in [-0.3, -0.25) is 0 Å². The van der Waals surface area contributed by atoms with E-state index < -0.39 is 5.79 Å². The van der Waals surface area contributed by atoms with Crippen molar-refractivity contribution in [2.45, 2.75) is 52.9 Å². The number of nitrogens with one attached hydrogen (secondary N) is 1. The molecule has 3 heteroatoms. The summed E-state index contributed by atoms with van der Waals surface area (Å²) < 4.78 is 11.2. The number of hydrogen-bond donors (Lipinski definition) is 1. The summed E-state index contributed by atoms with van der Waals surface area (Å²) in [6.45, 7) is 13.2. The third kappa shape index (κ3) is 4.49. The molecule has 90 valence electrons. The van der Waals surface area contributed by atoms with Gasteiger partial charge in [-0.1, -0.05) is 20.8 Å². The fourth-order valence-electron chi connectivity index (χ4n) is 1.36. The van der Waals surface area contributed by atoms with Crippen molar-refractivity contribution in [1.29, 1.82) is 0 Å². The molecule has 1 heterocycles. The SMILES string of the molecule is CCC(C)(C)CNC1COC(C)(C)OC1. The Morgan fingerprint density at radius 3 is 2.27 bits per heavy atom. The van der Waals surface area contributed by atoms with Gasteiger partial charge in [-0.25, -0.2) is 0 Å². The largest absolute Gasteiger partial charge is 0.349 e. The number of ether oxygens (including phenoxy) is 2. The Balaban J connectivity index is 2.25. The van der Waals surface area contributed by atoms with Crippen molar-refractivity contribution in [3.63, 3.8) is 0 Å². The van der Waals surface area contributed by atoms with E-state index in [4.69, 9.17) is 9.47 Å². The van der Waals surface area contributed by atoms with Gasteiger partial charge in [-0.05, 0) is 25.7 Å². The second kappa shape index (κ2) is 4.81. The zero-order valence-electron chi connectivity index (χ0n) is 10.7. The predicted octanol–water partition coefficient (Wildman–Crippen LogP) is 2.16. The molecule has 0 aromatic carbocycles. The lowest BCUT2D eigenvalue weighted by Gasteiger charge is -2.36. The highest BCUT2D eigenvalue weighted by atomic mass is 16.7. The van der Waals surface area contributed by atoms with Crippen molar-refractivity contribution >= 4 is 0 Å². The molecule has 15 heavy (non-hydrogen) atoms. The lowest BCUT2D eigenvalue weighted by molar-refractivity contribution is -0.253. The molecule has 1 N–H and O–H groups in total. The molecule has 0 atom stereocenters. The minimum absolute atomic E-state index is 0.337. The first-order valence-corrected chi connectivity index (χ1v) is 5.86. The number of rotatable bonds is 4. The van der Waals surface area contributed by atoms with Gasteiger partial charge >= 0.3 is 0 Å². The Morgan fingerprint density at radius 2 is 1.80 bits per heavy atom. The van der Waals surface area contributed by atoms with E-state index in [-0.39, 0.29) is 0 Å². The molecule has 1 saturated heterocycles. The van der Waals surface area contributed by atoms with E-state index in [1.54, 1.807) is 0 Å². The fraction of sp³-hybridized carbons (Fsp3) is 1.00. The van der Waals surface area contributed by atoms with Gasteiger partial charge in [0.25, 0.3) is 0 Å². The molecule has 0 unspecified atom stereocenters. The number of hydrogen-bond acceptors (Lipinski definition) is 3. The highest BCUT2D eigenvalue weighted by Crippen LogP contribution is 2.20. The Bertz CT molecular complexity index is 192.